The van der Waals surface area contributed by atoms with Crippen LogP contribution in [0.5, 0.6) is 5.88 Å². The normalized spacial score (nSPS) is 17.0. The number of halogens is 2. The molecule has 1 saturated carbocycles. The molecular formula is C14H18F2N2O3. The SMILES string of the molecule is O=C(NC1(CO)CCCC1)c1ccnc(OCC(F)F)c1. The average Bonchev–Trinajstić information content (AvgIpc) is 2.94. The number of hydrogen-bond acceptors (Lipinski definition) is 4. The number of alkyl halides is 2. The van der Waals surface area contributed by atoms with E-state index >= 15 is 0 Å². The minimum Gasteiger partial charge on any atom is -0.472 e. The summed E-state index contributed by atoms with van der Waals surface area (Å²) < 4.78 is 29.0. The van der Waals surface area contributed by atoms with E-state index in [1.165, 1.54) is 18.3 Å². The van der Waals surface area contributed by atoms with Crippen molar-refractivity contribution in [3.05, 3.63) is 23.9 Å². The number of aromatic nitrogens is 1. The Morgan fingerprint density at radius 1 is 1.48 bits per heavy atom. The van der Waals surface area contributed by atoms with Gasteiger partial charge in [-0.1, -0.05) is 12.8 Å². The lowest BCUT2D eigenvalue weighted by atomic mass is 9.98. The van der Waals surface area contributed by atoms with Gasteiger partial charge >= 0.3 is 0 Å². The molecule has 0 aromatic carbocycles. The van der Waals surface area contributed by atoms with E-state index in [4.69, 9.17) is 4.74 Å². The van der Waals surface area contributed by atoms with Crippen LogP contribution in [0.4, 0.5) is 8.78 Å². The number of hydrogen-bond donors (Lipinski definition) is 2. The van der Waals surface area contributed by atoms with E-state index in [1.54, 1.807) is 0 Å². The van der Waals surface area contributed by atoms with Crippen molar-refractivity contribution in [1.29, 1.82) is 0 Å². The molecule has 2 rings (SSSR count). The van der Waals surface area contributed by atoms with Crippen LogP contribution in [0.15, 0.2) is 18.3 Å². The molecule has 1 amide bonds. The molecule has 0 spiro atoms. The smallest absolute Gasteiger partial charge is 0.272 e. The lowest BCUT2D eigenvalue weighted by Crippen LogP contribution is -2.49. The summed E-state index contributed by atoms with van der Waals surface area (Å²) in [6, 6.07) is 2.79. The molecule has 1 aromatic heterocycles. The number of nitrogens with zero attached hydrogens (tertiary/aromatic N) is 1. The second kappa shape index (κ2) is 6.80. The molecule has 1 aliphatic rings. The lowest BCUT2D eigenvalue weighted by Gasteiger charge is -2.28. The molecule has 5 nitrogen and oxygen atoms in total. The average molecular weight is 300 g/mol. The number of rotatable bonds is 6. The number of aliphatic hydroxyl groups is 1. The van der Waals surface area contributed by atoms with E-state index in [0.717, 1.165) is 25.7 Å². The molecule has 21 heavy (non-hydrogen) atoms. The fraction of sp³-hybridized carbons (Fsp3) is 0.571. The van der Waals surface area contributed by atoms with Crippen LogP contribution in [0.2, 0.25) is 0 Å². The fourth-order valence-corrected chi connectivity index (χ4v) is 2.47. The molecule has 7 heteroatoms. The first-order valence-corrected chi connectivity index (χ1v) is 6.85. The van der Waals surface area contributed by atoms with Gasteiger partial charge in [0, 0.05) is 17.8 Å². The second-order valence-electron chi connectivity index (χ2n) is 5.18. The van der Waals surface area contributed by atoms with E-state index in [9.17, 15) is 18.7 Å². The minimum atomic E-state index is -2.60. The molecule has 1 fully saturated rings. The summed E-state index contributed by atoms with van der Waals surface area (Å²) in [7, 11) is 0. The Morgan fingerprint density at radius 2 is 2.19 bits per heavy atom. The molecule has 0 radical (unpaired) electrons. The molecule has 0 atom stereocenters. The molecule has 0 aliphatic heterocycles. The summed E-state index contributed by atoms with van der Waals surface area (Å²) in [6.45, 7) is -0.878. The van der Waals surface area contributed by atoms with Gasteiger partial charge < -0.3 is 15.2 Å². The number of amides is 1. The van der Waals surface area contributed by atoms with E-state index in [-0.39, 0.29) is 24.0 Å². The van der Waals surface area contributed by atoms with Gasteiger partial charge in [0.15, 0.2) is 6.61 Å². The number of ether oxygens (including phenoxy) is 1. The van der Waals surface area contributed by atoms with Crippen molar-refractivity contribution < 1.29 is 23.4 Å². The topological polar surface area (TPSA) is 71.5 Å². The van der Waals surface area contributed by atoms with Gasteiger partial charge in [-0.15, -0.1) is 0 Å². The summed E-state index contributed by atoms with van der Waals surface area (Å²) in [5, 5.41) is 12.3. The van der Waals surface area contributed by atoms with Crippen LogP contribution in [0, 0.1) is 0 Å². The van der Waals surface area contributed by atoms with Crippen molar-refractivity contribution in [3.63, 3.8) is 0 Å². The molecule has 2 N–H and O–H groups in total. The van der Waals surface area contributed by atoms with Gasteiger partial charge in [0.05, 0.1) is 12.1 Å². The highest BCUT2D eigenvalue weighted by Gasteiger charge is 2.34. The maximum Gasteiger partial charge on any atom is 0.272 e. The zero-order chi connectivity index (χ0) is 15.3. The molecule has 0 bridgehead atoms. The van der Waals surface area contributed by atoms with E-state index < -0.39 is 18.6 Å². The van der Waals surface area contributed by atoms with Crippen LogP contribution in [-0.4, -0.2) is 41.2 Å². The number of pyridine rings is 1. The molecular weight excluding hydrogens is 282 g/mol. The summed E-state index contributed by atoms with van der Waals surface area (Å²) in [5.74, 6) is -0.386. The van der Waals surface area contributed by atoms with Gasteiger partial charge in [-0.3, -0.25) is 4.79 Å². The maximum atomic E-state index is 12.2. The molecule has 1 aliphatic carbocycles. The Kier molecular flexibility index (Phi) is 5.06. The lowest BCUT2D eigenvalue weighted by molar-refractivity contribution is 0.0791. The Bertz CT molecular complexity index is 491. The highest BCUT2D eigenvalue weighted by atomic mass is 19.3. The maximum absolute atomic E-state index is 12.2. The first-order chi connectivity index (χ1) is 10.0. The van der Waals surface area contributed by atoms with Crippen molar-refractivity contribution in [2.45, 2.75) is 37.6 Å². The monoisotopic (exact) mass is 300 g/mol. The van der Waals surface area contributed by atoms with Gasteiger partial charge in [-0.05, 0) is 18.9 Å². The van der Waals surface area contributed by atoms with Crippen molar-refractivity contribution in [2.75, 3.05) is 13.2 Å². The van der Waals surface area contributed by atoms with Crippen LogP contribution in [0.1, 0.15) is 36.0 Å². The van der Waals surface area contributed by atoms with Gasteiger partial charge in [0.25, 0.3) is 12.3 Å². The van der Waals surface area contributed by atoms with E-state index in [1.807, 2.05) is 0 Å². The van der Waals surface area contributed by atoms with E-state index in [2.05, 4.69) is 10.3 Å². The van der Waals surface area contributed by atoms with Crippen molar-refractivity contribution in [1.82, 2.24) is 10.3 Å². The largest absolute Gasteiger partial charge is 0.472 e. The first kappa shape index (κ1) is 15.6. The number of nitrogens with one attached hydrogen (secondary N) is 1. The quantitative estimate of drug-likeness (QED) is 0.840. The first-order valence-electron chi connectivity index (χ1n) is 6.85. The molecule has 1 heterocycles. The number of carbonyl (C=O) groups is 1. The van der Waals surface area contributed by atoms with Crippen LogP contribution >= 0.6 is 0 Å². The summed E-state index contributed by atoms with van der Waals surface area (Å²) in [6.07, 6.45) is 2.11. The van der Waals surface area contributed by atoms with Crippen molar-refractivity contribution in [2.24, 2.45) is 0 Å². The Balaban J connectivity index is 2.03. The van der Waals surface area contributed by atoms with Crippen LogP contribution in [0.3, 0.4) is 0 Å². The number of aliphatic hydroxyl groups excluding tert-OH is 1. The van der Waals surface area contributed by atoms with Crippen LogP contribution in [-0.2, 0) is 0 Å². The van der Waals surface area contributed by atoms with Crippen molar-refractivity contribution >= 4 is 5.91 Å². The van der Waals surface area contributed by atoms with Crippen molar-refractivity contribution in [3.8, 4) is 5.88 Å². The predicted molar refractivity (Wildman–Crippen MR) is 71.5 cm³/mol. The Hall–Kier alpha value is -1.76. The standard InChI is InChI=1S/C14H18F2N2O3/c15-11(16)8-21-12-7-10(3-6-17-12)13(20)18-14(9-19)4-1-2-5-14/h3,6-7,11,19H,1-2,4-5,8-9H2,(H,18,20). The summed E-state index contributed by atoms with van der Waals surface area (Å²) in [5.41, 5.74) is -0.307. The van der Waals surface area contributed by atoms with Gasteiger partial charge in [0.1, 0.15) is 0 Å². The summed E-state index contributed by atoms with van der Waals surface area (Å²) >= 11 is 0. The number of carbonyl (C=O) groups excluding carboxylic acids is 1. The van der Waals surface area contributed by atoms with Gasteiger partial charge in [0.2, 0.25) is 5.88 Å². The third kappa shape index (κ3) is 4.10. The molecule has 0 unspecified atom stereocenters. The fourth-order valence-electron chi connectivity index (χ4n) is 2.47. The summed E-state index contributed by atoms with van der Waals surface area (Å²) in [4.78, 5) is 16.0. The zero-order valence-corrected chi connectivity index (χ0v) is 11.5. The van der Waals surface area contributed by atoms with Gasteiger partial charge in [-0.25, -0.2) is 13.8 Å². The minimum absolute atomic E-state index is 0.0209. The third-order valence-electron chi connectivity index (χ3n) is 3.60. The highest BCUT2D eigenvalue weighted by Crippen LogP contribution is 2.29. The van der Waals surface area contributed by atoms with Crippen LogP contribution < -0.4 is 10.1 Å². The Labute approximate surface area is 121 Å². The molecule has 0 saturated heterocycles. The van der Waals surface area contributed by atoms with Gasteiger partial charge in [-0.2, -0.15) is 0 Å². The van der Waals surface area contributed by atoms with E-state index in [0.29, 0.717) is 0 Å². The third-order valence-corrected chi connectivity index (χ3v) is 3.60. The molecule has 116 valence electrons. The molecule has 1 aromatic rings. The van der Waals surface area contributed by atoms with Crippen LogP contribution in [0.25, 0.3) is 0 Å². The highest BCUT2D eigenvalue weighted by molar-refractivity contribution is 5.94. The predicted octanol–water partition coefficient (Wildman–Crippen LogP) is 1.76. The second-order valence-corrected chi connectivity index (χ2v) is 5.18. The Morgan fingerprint density at radius 3 is 2.81 bits per heavy atom. The zero-order valence-electron chi connectivity index (χ0n) is 11.5.